The molecule has 0 atom stereocenters. The molecule has 0 aliphatic heterocycles. The van der Waals surface area contributed by atoms with Gasteiger partial charge in [0.2, 0.25) is 0 Å². The Morgan fingerprint density at radius 2 is 1.86 bits per heavy atom. The van der Waals surface area contributed by atoms with E-state index in [2.05, 4.69) is 4.98 Å². The zero-order valence-corrected chi connectivity index (χ0v) is 11.1. The van der Waals surface area contributed by atoms with Crippen molar-refractivity contribution < 1.29 is 18.0 Å². The van der Waals surface area contributed by atoms with Gasteiger partial charge in [-0.2, -0.15) is 13.2 Å². The van der Waals surface area contributed by atoms with E-state index in [0.29, 0.717) is 35.4 Å². The molecule has 0 spiro atoms. The summed E-state index contributed by atoms with van der Waals surface area (Å²) in [6.45, 7) is 0. The van der Waals surface area contributed by atoms with Crippen molar-refractivity contribution in [2.24, 2.45) is 0 Å². The third-order valence-corrected chi connectivity index (χ3v) is 3.58. The largest absolute Gasteiger partial charge is 0.416 e. The number of carbonyl (C=O) groups excluding carboxylic acids is 1. The van der Waals surface area contributed by atoms with Gasteiger partial charge in [-0.3, -0.25) is 9.78 Å². The molecule has 1 heterocycles. The third kappa shape index (κ3) is 2.68. The summed E-state index contributed by atoms with van der Waals surface area (Å²) in [6, 6.07) is 8.35. The van der Waals surface area contributed by atoms with E-state index >= 15 is 0 Å². The number of ketones is 1. The molecule has 0 amide bonds. The first kappa shape index (κ1) is 13.8. The summed E-state index contributed by atoms with van der Waals surface area (Å²) in [5.74, 6) is 0.0549. The van der Waals surface area contributed by atoms with Gasteiger partial charge >= 0.3 is 6.18 Å². The Kier molecular flexibility index (Phi) is 3.27. The predicted octanol–water partition coefficient (Wildman–Crippen LogP) is 4.29. The number of rotatable bonds is 1. The van der Waals surface area contributed by atoms with Gasteiger partial charge in [-0.1, -0.05) is 12.1 Å². The number of hydrogen-bond acceptors (Lipinski definition) is 2. The maximum absolute atomic E-state index is 12.7. The molecule has 1 aromatic heterocycles. The summed E-state index contributed by atoms with van der Waals surface area (Å²) in [6.07, 6.45) is -2.43. The zero-order valence-electron chi connectivity index (χ0n) is 11.1. The highest BCUT2D eigenvalue weighted by Gasteiger charge is 2.30. The van der Waals surface area contributed by atoms with E-state index < -0.39 is 11.7 Å². The Morgan fingerprint density at radius 1 is 1.05 bits per heavy atom. The number of Topliss-reactive ketones (excluding diaryl/α,β-unsaturated/α-hetero) is 1. The summed E-state index contributed by atoms with van der Waals surface area (Å²) in [5.41, 5.74) is 1.45. The smallest absolute Gasteiger partial charge is 0.294 e. The zero-order chi connectivity index (χ0) is 15.0. The van der Waals surface area contributed by atoms with Crippen molar-refractivity contribution in [2.75, 3.05) is 0 Å². The molecule has 0 fully saturated rings. The lowest BCUT2D eigenvalue weighted by molar-refractivity contribution is -0.137. The van der Waals surface area contributed by atoms with Crippen molar-refractivity contribution in [1.29, 1.82) is 0 Å². The monoisotopic (exact) mass is 291 g/mol. The van der Waals surface area contributed by atoms with Gasteiger partial charge in [-0.05, 0) is 37.1 Å². The first-order valence-corrected chi connectivity index (χ1v) is 6.66. The number of alkyl halides is 3. The van der Waals surface area contributed by atoms with Crippen molar-refractivity contribution in [3.8, 4) is 11.3 Å². The molecule has 0 radical (unpaired) electrons. The van der Waals surface area contributed by atoms with Crippen LogP contribution in [0.4, 0.5) is 13.2 Å². The second-order valence-electron chi connectivity index (χ2n) is 5.05. The van der Waals surface area contributed by atoms with E-state index in [1.165, 1.54) is 6.07 Å². The molecule has 0 bridgehead atoms. The number of hydrogen-bond donors (Lipinski definition) is 0. The Hall–Kier alpha value is -2.17. The Balaban J connectivity index is 2.03. The van der Waals surface area contributed by atoms with Crippen LogP contribution in [0.3, 0.4) is 0 Å². The minimum absolute atomic E-state index is 0.0549. The van der Waals surface area contributed by atoms with E-state index in [-0.39, 0.29) is 5.78 Å². The molecule has 5 heteroatoms. The second-order valence-corrected chi connectivity index (χ2v) is 5.05. The number of halogens is 3. The lowest BCUT2D eigenvalue weighted by atomic mass is 9.94. The molecule has 1 aliphatic carbocycles. The van der Waals surface area contributed by atoms with Crippen LogP contribution in [-0.4, -0.2) is 10.8 Å². The minimum atomic E-state index is -4.37. The van der Waals surface area contributed by atoms with Crippen molar-refractivity contribution in [1.82, 2.24) is 4.98 Å². The van der Waals surface area contributed by atoms with Crippen LogP contribution in [0, 0.1) is 0 Å². The number of pyridine rings is 1. The quantitative estimate of drug-likeness (QED) is 0.784. The van der Waals surface area contributed by atoms with Crippen LogP contribution in [-0.2, 0) is 12.6 Å². The third-order valence-electron chi connectivity index (χ3n) is 3.58. The maximum atomic E-state index is 12.7. The maximum Gasteiger partial charge on any atom is 0.416 e. The highest BCUT2D eigenvalue weighted by Crippen LogP contribution is 2.32. The summed E-state index contributed by atoms with van der Waals surface area (Å²) < 4.78 is 38.2. The van der Waals surface area contributed by atoms with E-state index in [1.54, 1.807) is 18.2 Å². The number of fused-ring (bicyclic) bond motifs is 1. The molecule has 0 unspecified atom stereocenters. The molecule has 0 N–H and O–H groups in total. The van der Waals surface area contributed by atoms with Crippen LogP contribution in [0.2, 0.25) is 0 Å². The van der Waals surface area contributed by atoms with Gasteiger partial charge in [0.25, 0.3) is 0 Å². The summed E-state index contributed by atoms with van der Waals surface area (Å²) >= 11 is 0. The molecule has 2 aromatic rings. The van der Waals surface area contributed by atoms with E-state index in [1.807, 2.05) is 0 Å². The molecule has 1 aromatic carbocycles. The molecule has 1 aliphatic rings. The topological polar surface area (TPSA) is 30.0 Å². The van der Waals surface area contributed by atoms with Crippen LogP contribution >= 0.6 is 0 Å². The molecular weight excluding hydrogens is 279 g/mol. The summed E-state index contributed by atoms with van der Waals surface area (Å²) in [5, 5.41) is 0. The summed E-state index contributed by atoms with van der Waals surface area (Å²) in [4.78, 5) is 16.1. The fourth-order valence-electron chi connectivity index (χ4n) is 2.51. The first-order valence-electron chi connectivity index (χ1n) is 6.66. The lowest BCUT2D eigenvalue weighted by Crippen LogP contribution is -2.12. The van der Waals surface area contributed by atoms with Crippen LogP contribution in [0.15, 0.2) is 36.4 Å². The van der Waals surface area contributed by atoms with Gasteiger partial charge in [-0.25, -0.2) is 0 Å². The van der Waals surface area contributed by atoms with Crippen LogP contribution in [0.1, 0.15) is 34.5 Å². The average molecular weight is 291 g/mol. The SMILES string of the molecule is O=C1CCCc2nc(-c3cccc(C(F)(F)F)c3)ccc21. The summed E-state index contributed by atoms with van der Waals surface area (Å²) in [7, 11) is 0. The Bertz CT molecular complexity index is 707. The van der Waals surface area contributed by atoms with Gasteiger partial charge in [-0.15, -0.1) is 0 Å². The van der Waals surface area contributed by atoms with Gasteiger partial charge in [0.15, 0.2) is 5.78 Å². The van der Waals surface area contributed by atoms with E-state index in [0.717, 1.165) is 18.6 Å². The van der Waals surface area contributed by atoms with Crippen LogP contribution in [0.5, 0.6) is 0 Å². The van der Waals surface area contributed by atoms with Gasteiger partial charge in [0, 0.05) is 17.5 Å². The van der Waals surface area contributed by atoms with Gasteiger partial charge in [0.05, 0.1) is 17.0 Å². The number of aryl methyl sites for hydroxylation is 1. The second kappa shape index (κ2) is 4.98. The van der Waals surface area contributed by atoms with Crippen LogP contribution < -0.4 is 0 Å². The normalized spacial score (nSPS) is 14.9. The van der Waals surface area contributed by atoms with Gasteiger partial charge in [0.1, 0.15) is 0 Å². The number of nitrogens with zero attached hydrogens (tertiary/aromatic N) is 1. The molecule has 0 saturated heterocycles. The van der Waals surface area contributed by atoms with Crippen molar-refractivity contribution in [3.05, 3.63) is 53.2 Å². The highest BCUT2D eigenvalue weighted by atomic mass is 19.4. The highest BCUT2D eigenvalue weighted by molar-refractivity contribution is 5.98. The number of benzene rings is 1. The molecule has 0 saturated carbocycles. The predicted molar refractivity (Wildman–Crippen MR) is 71.9 cm³/mol. The lowest BCUT2D eigenvalue weighted by Gasteiger charge is -2.15. The Morgan fingerprint density at radius 3 is 2.62 bits per heavy atom. The van der Waals surface area contributed by atoms with Crippen molar-refractivity contribution in [2.45, 2.75) is 25.4 Å². The number of carbonyl (C=O) groups is 1. The van der Waals surface area contributed by atoms with Gasteiger partial charge < -0.3 is 0 Å². The fraction of sp³-hybridized carbons (Fsp3) is 0.250. The van der Waals surface area contributed by atoms with E-state index in [9.17, 15) is 18.0 Å². The average Bonchev–Trinajstić information content (AvgIpc) is 2.46. The van der Waals surface area contributed by atoms with Crippen LogP contribution in [0.25, 0.3) is 11.3 Å². The fourth-order valence-corrected chi connectivity index (χ4v) is 2.51. The standard InChI is InChI=1S/C16H12F3NO/c17-16(18,19)11-4-1-3-10(9-11)13-8-7-12-14(20-13)5-2-6-15(12)21/h1,3-4,7-9H,2,5-6H2. The molecule has 3 rings (SSSR count). The van der Waals surface area contributed by atoms with Crippen molar-refractivity contribution in [3.63, 3.8) is 0 Å². The molecule has 108 valence electrons. The first-order chi connectivity index (χ1) is 9.95. The molecule has 21 heavy (non-hydrogen) atoms. The van der Waals surface area contributed by atoms with Crippen molar-refractivity contribution >= 4 is 5.78 Å². The minimum Gasteiger partial charge on any atom is -0.294 e. The number of aromatic nitrogens is 1. The van der Waals surface area contributed by atoms with E-state index in [4.69, 9.17) is 0 Å². The Labute approximate surface area is 119 Å². The molecular formula is C16H12F3NO. The molecule has 2 nitrogen and oxygen atoms in total.